The Morgan fingerprint density at radius 2 is 2.00 bits per heavy atom. The van der Waals surface area contributed by atoms with Gasteiger partial charge in [-0.2, -0.15) is 0 Å². The van der Waals surface area contributed by atoms with Crippen molar-refractivity contribution in [2.45, 2.75) is 19.4 Å². The lowest BCUT2D eigenvalue weighted by Gasteiger charge is -2.23. The van der Waals surface area contributed by atoms with Crippen molar-refractivity contribution in [2.75, 3.05) is 0 Å². The van der Waals surface area contributed by atoms with Gasteiger partial charge >= 0.3 is 5.97 Å². The van der Waals surface area contributed by atoms with Crippen molar-refractivity contribution in [3.63, 3.8) is 0 Å². The third-order valence-corrected chi connectivity index (χ3v) is 2.36. The molecule has 1 aromatic carbocycles. The van der Waals surface area contributed by atoms with Crippen molar-refractivity contribution in [2.24, 2.45) is 0 Å². The zero-order chi connectivity index (χ0) is 11.2. The number of fused-ring (bicyclic) bond motifs is 1. The van der Waals surface area contributed by atoms with Gasteiger partial charge < -0.3 is 20.1 Å². The molecule has 2 rings (SSSR count). The minimum Gasteiger partial charge on any atom is -0.507 e. The standard InChI is InChI=1S/C10H10O5/c1-4-2-5-8(10(14)15-4)6(11)3-7(12)9(5)13/h3-4,11-13H,2H2,1H3/t4-/m1/s1. The highest BCUT2D eigenvalue weighted by Crippen LogP contribution is 2.40. The first-order chi connectivity index (χ1) is 7.00. The number of rotatable bonds is 0. The van der Waals surface area contributed by atoms with Gasteiger partial charge in [-0.3, -0.25) is 0 Å². The predicted molar refractivity (Wildman–Crippen MR) is 50.0 cm³/mol. The van der Waals surface area contributed by atoms with Crippen molar-refractivity contribution in [3.05, 3.63) is 17.2 Å². The van der Waals surface area contributed by atoms with E-state index in [1.54, 1.807) is 6.92 Å². The number of aromatic hydroxyl groups is 3. The summed E-state index contributed by atoms with van der Waals surface area (Å²) in [6.07, 6.45) is -0.105. The van der Waals surface area contributed by atoms with Gasteiger partial charge in [0.05, 0.1) is 0 Å². The maximum Gasteiger partial charge on any atom is 0.342 e. The highest BCUT2D eigenvalue weighted by Gasteiger charge is 2.30. The molecule has 0 fully saturated rings. The minimum atomic E-state index is -0.684. The number of carbonyl (C=O) groups excluding carboxylic acids is 1. The number of benzene rings is 1. The van der Waals surface area contributed by atoms with Crippen LogP contribution in [0.3, 0.4) is 0 Å². The quantitative estimate of drug-likeness (QED) is 0.336. The smallest absolute Gasteiger partial charge is 0.342 e. The van der Waals surface area contributed by atoms with E-state index in [1.165, 1.54) is 0 Å². The first kappa shape index (κ1) is 9.64. The molecule has 1 aromatic rings. The largest absolute Gasteiger partial charge is 0.507 e. The fourth-order valence-corrected chi connectivity index (χ4v) is 1.69. The average Bonchev–Trinajstić information content (AvgIpc) is 2.12. The van der Waals surface area contributed by atoms with Crippen LogP contribution in [0.5, 0.6) is 17.2 Å². The summed E-state index contributed by atoms with van der Waals surface area (Å²) in [6, 6.07) is 0.922. The summed E-state index contributed by atoms with van der Waals surface area (Å²) in [5.41, 5.74) is 0.166. The Balaban J connectivity index is 2.69. The molecule has 0 bridgehead atoms. The lowest BCUT2D eigenvalue weighted by atomic mass is 9.97. The zero-order valence-electron chi connectivity index (χ0n) is 8.02. The summed E-state index contributed by atoms with van der Waals surface area (Å²) in [5, 5.41) is 28.2. The van der Waals surface area contributed by atoms with E-state index in [0.717, 1.165) is 6.07 Å². The third kappa shape index (κ3) is 1.36. The molecule has 0 saturated carbocycles. The van der Waals surface area contributed by atoms with Crippen molar-refractivity contribution in [3.8, 4) is 17.2 Å². The van der Waals surface area contributed by atoms with Gasteiger partial charge in [0.15, 0.2) is 11.5 Å². The fourth-order valence-electron chi connectivity index (χ4n) is 1.69. The van der Waals surface area contributed by atoms with E-state index >= 15 is 0 Å². The number of cyclic esters (lactones) is 1. The number of carbonyl (C=O) groups is 1. The molecule has 0 unspecified atom stereocenters. The Labute approximate surface area is 85.5 Å². The molecule has 1 atom stereocenters. The predicted octanol–water partition coefficient (Wildman–Crippen LogP) is 0.905. The summed E-state index contributed by atoms with van der Waals surface area (Å²) >= 11 is 0. The van der Waals surface area contributed by atoms with Crippen molar-refractivity contribution >= 4 is 5.97 Å². The van der Waals surface area contributed by atoms with Crippen LogP contribution < -0.4 is 0 Å². The summed E-state index contributed by atoms with van der Waals surface area (Å²) in [6.45, 7) is 1.67. The number of hydrogen-bond acceptors (Lipinski definition) is 5. The van der Waals surface area contributed by atoms with Gasteiger partial charge in [-0.1, -0.05) is 0 Å². The highest BCUT2D eigenvalue weighted by atomic mass is 16.5. The van der Waals surface area contributed by atoms with E-state index in [1.807, 2.05) is 0 Å². The summed E-state index contributed by atoms with van der Waals surface area (Å²) < 4.78 is 4.90. The summed E-state index contributed by atoms with van der Waals surface area (Å²) in [7, 11) is 0. The summed E-state index contributed by atoms with van der Waals surface area (Å²) in [4.78, 5) is 11.4. The van der Waals surface area contributed by atoms with Gasteiger partial charge in [-0.15, -0.1) is 0 Å². The molecule has 5 nitrogen and oxygen atoms in total. The monoisotopic (exact) mass is 210 g/mol. The number of hydrogen-bond donors (Lipinski definition) is 3. The van der Waals surface area contributed by atoms with Crippen molar-refractivity contribution < 1.29 is 24.9 Å². The molecule has 5 heteroatoms. The topological polar surface area (TPSA) is 87.0 Å². The molecule has 80 valence electrons. The van der Waals surface area contributed by atoms with E-state index in [4.69, 9.17) is 4.74 Å². The van der Waals surface area contributed by atoms with Crippen molar-refractivity contribution in [1.82, 2.24) is 0 Å². The first-order valence-electron chi connectivity index (χ1n) is 4.48. The molecule has 15 heavy (non-hydrogen) atoms. The molecule has 0 saturated heterocycles. The molecule has 1 aliphatic rings. The molecule has 1 heterocycles. The van der Waals surface area contributed by atoms with Crippen LogP contribution in [-0.4, -0.2) is 27.4 Å². The zero-order valence-corrected chi connectivity index (χ0v) is 8.02. The van der Waals surface area contributed by atoms with E-state index in [2.05, 4.69) is 0 Å². The number of esters is 1. The maximum absolute atomic E-state index is 11.4. The van der Waals surface area contributed by atoms with Gasteiger partial charge in [-0.25, -0.2) is 4.79 Å². The van der Waals surface area contributed by atoms with Crippen molar-refractivity contribution in [1.29, 1.82) is 0 Å². The van der Waals surface area contributed by atoms with E-state index in [9.17, 15) is 20.1 Å². The van der Waals surface area contributed by atoms with Crippen LogP contribution in [0, 0.1) is 0 Å². The second kappa shape index (κ2) is 3.05. The fraction of sp³-hybridized carbons (Fsp3) is 0.300. The van der Waals surface area contributed by atoms with Gasteiger partial charge in [0.1, 0.15) is 17.4 Å². The van der Waals surface area contributed by atoms with Crippen LogP contribution in [0.4, 0.5) is 0 Å². The lowest BCUT2D eigenvalue weighted by Crippen LogP contribution is -2.25. The van der Waals surface area contributed by atoms with E-state index < -0.39 is 11.7 Å². The second-order valence-corrected chi connectivity index (χ2v) is 3.54. The normalized spacial score (nSPS) is 19.5. The Kier molecular flexibility index (Phi) is 1.96. The molecule has 0 radical (unpaired) electrons. The average molecular weight is 210 g/mol. The maximum atomic E-state index is 11.4. The van der Waals surface area contributed by atoms with Crippen LogP contribution in [0.15, 0.2) is 6.07 Å². The first-order valence-corrected chi connectivity index (χ1v) is 4.48. The molecule has 1 aliphatic heterocycles. The molecule has 0 aromatic heterocycles. The molecular formula is C10H10O5. The van der Waals surface area contributed by atoms with E-state index in [0.29, 0.717) is 0 Å². The van der Waals surface area contributed by atoms with Crippen LogP contribution in [0.25, 0.3) is 0 Å². The Morgan fingerprint density at radius 3 is 2.67 bits per heavy atom. The number of phenolic OH excluding ortho intramolecular Hbond substituents is 3. The number of phenols is 3. The molecule has 0 spiro atoms. The van der Waals surface area contributed by atoms with Crippen LogP contribution in [0.1, 0.15) is 22.8 Å². The second-order valence-electron chi connectivity index (χ2n) is 3.54. The summed E-state index contributed by atoms with van der Waals surface area (Å²) in [5.74, 6) is -1.87. The SMILES string of the molecule is C[C@@H]1Cc2c(O)c(O)cc(O)c2C(=O)O1. The van der Waals surface area contributed by atoms with Crippen LogP contribution in [-0.2, 0) is 11.2 Å². The Morgan fingerprint density at radius 1 is 1.33 bits per heavy atom. The van der Waals surface area contributed by atoms with Gasteiger partial charge in [0, 0.05) is 18.1 Å². The molecule has 0 aliphatic carbocycles. The molecule has 0 amide bonds. The third-order valence-electron chi connectivity index (χ3n) is 2.36. The lowest BCUT2D eigenvalue weighted by molar-refractivity contribution is 0.0293. The van der Waals surface area contributed by atoms with Gasteiger partial charge in [0.2, 0.25) is 0 Å². The molecular weight excluding hydrogens is 200 g/mol. The minimum absolute atomic E-state index is 0.0663. The van der Waals surface area contributed by atoms with Gasteiger partial charge in [0.25, 0.3) is 0 Å². The molecule has 3 N–H and O–H groups in total. The Bertz CT molecular complexity index is 438. The highest BCUT2D eigenvalue weighted by molar-refractivity contribution is 5.96. The Hall–Kier alpha value is -1.91. The number of ether oxygens (including phenoxy) is 1. The van der Waals surface area contributed by atoms with E-state index in [-0.39, 0.29) is 35.2 Å². The van der Waals surface area contributed by atoms with Crippen LogP contribution >= 0.6 is 0 Å². The van der Waals surface area contributed by atoms with Gasteiger partial charge in [-0.05, 0) is 6.92 Å². The van der Waals surface area contributed by atoms with Crippen LogP contribution in [0.2, 0.25) is 0 Å².